The third kappa shape index (κ3) is 7.65. The molecule has 0 saturated heterocycles. The van der Waals surface area contributed by atoms with Crippen LogP contribution < -0.4 is 5.32 Å². The minimum atomic E-state index is 0.255. The summed E-state index contributed by atoms with van der Waals surface area (Å²) in [5, 5.41) is 3.30. The fourth-order valence-corrected chi connectivity index (χ4v) is 1.58. The monoisotopic (exact) mass is 229 g/mol. The Hall–Kier alpha value is -0.610. The number of hydrogen-bond acceptors (Lipinski definition) is 3. The van der Waals surface area contributed by atoms with Gasteiger partial charge in [-0.1, -0.05) is 0 Å². The molecule has 0 bridgehead atoms. The van der Waals surface area contributed by atoms with Crippen LogP contribution in [0.3, 0.4) is 0 Å². The van der Waals surface area contributed by atoms with E-state index in [0.29, 0.717) is 6.42 Å². The zero-order valence-corrected chi connectivity index (χ0v) is 11.3. The van der Waals surface area contributed by atoms with Crippen molar-refractivity contribution in [3.05, 3.63) is 0 Å². The number of nitrogens with one attached hydrogen (secondary N) is 1. The highest BCUT2D eigenvalue weighted by molar-refractivity contribution is 5.76. The van der Waals surface area contributed by atoms with Crippen LogP contribution in [-0.4, -0.2) is 62.5 Å². The van der Waals surface area contributed by atoms with E-state index in [9.17, 15) is 4.79 Å². The van der Waals surface area contributed by atoms with E-state index >= 15 is 0 Å². The van der Waals surface area contributed by atoms with Crippen LogP contribution in [0.2, 0.25) is 0 Å². The Morgan fingerprint density at radius 1 is 1.12 bits per heavy atom. The topological polar surface area (TPSA) is 35.6 Å². The van der Waals surface area contributed by atoms with Gasteiger partial charge in [0.2, 0.25) is 5.91 Å². The summed E-state index contributed by atoms with van der Waals surface area (Å²) in [6.07, 6.45) is 1.75. The predicted molar refractivity (Wildman–Crippen MR) is 68.6 cm³/mol. The SMILES string of the molecule is CCN(CC)C(=O)CCNCCCN(C)C. The summed E-state index contributed by atoms with van der Waals surface area (Å²) in [5.74, 6) is 0.255. The molecule has 0 aromatic heterocycles. The van der Waals surface area contributed by atoms with Crippen LogP contribution in [-0.2, 0) is 4.79 Å². The quantitative estimate of drug-likeness (QED) is 0.594. The van der Waals surface area contributed by atoms with Crippen molar-refractivity contribution in [1.29, 1.82) is 0 Å². The summed E-state index contributed by atoms with van der Waals surface area (Å²) in [4.78, 5) is 15.7. The van der Waals surface area contributed by atoms with E-state index in [1.807, 2.05) is 18.7 Å². The minimum Gasteiger partial charge on any atom is -0.343 e. The van der Waals surface area contributed by atoms with Crippen LogP contribution in [0, 0.1) is 0 Å². The second-order valence-electron chi connectivity index (χ2n) is 4.22. The van der Waals surface area contributed by atoms with Gasteiger partial charge in [-0.2, -0.15) is 0 Å². The highest BCUT2D eigenvalue weighted by Crippen LogP contribution is 1.92. The maximum atomic E-state index is 11.6. The second kappa shape index (κ2) is 9.60. The Morgan fingerprint density at radius 3 is 2.25 bits per heavy atom. The summed E-state index contributed by atoms with van der Waals surface area (Å²) in [6.45, 7) is 8.55. The van der Waals surface area contributed by atoms with Gasteiger partial charge in [-0.05, 0) is 47.5 Å². The molecule has 0 aliphatic heterocycles. The average molecular weight is 229 g/mol. The van der Waals surface area contributed by atoms with Gasteiger partial charge in [0.05, 0.1) is 0 Å². The van der Waals surface area contributed by atoms with E-state index in [4.69, 9.17) is 0 Å². The van der Waals surface area contributed by atoms with Gasteiger partial charge in [-0.3, -0.25) is 4.79 Å². The van der Waals surface area contributed by atoms with E-state index in [2.05, 4.69) is 24.3 Å². The summed E-state index contributed by atoms with van der Waals surface area (Å²) < 4.78 is 0. The van der Waals surface area contributed by atoms with Gasteiger partial charge in [0, 0.05) is 26.1 Å². The third-order valence-electron chi connectivity index (χ3n) is 2.59. The van der Waals surface area contributed by atoms with Gasteiger partial charge in [0.1, 0.15) is 0 Å². The van der Waals surface area contributed by atoms with Crippen LogP contribution in [0.4, 0.5) is 0 Å². The number of rotatable bonds is 9. The number of hydrogen-bond donors (Lipinski definition) is 1. The second-order valence-corrected chi connectivity index (χ2v) is 4.22. The Bertz CT molecular complexity index is 179. The van der Waals surface area contributed by atoms with Crippen molar-refractivity contribution >= 4 is 5.91 Å². The molecule has 4 nitrogen and oxygen atoms in total. The largest absolute Gasteiger partial charge is 0.343 e. The molecule has 0 aromatic carbocycles. The molecule has 96 valence electrons. The first-order valence-corrected chi connectivity index (χ1v) is 6.25. The van der Waals surface area contributed by atoms with Crippen molar-refractivity contribution in [3.8, 4) is 0 Å². The van der Waals surface area contributed by atoms with Gasteiger partial charge in [-0.15, -0.1) is 0 Å². The van der Waals surface area contributed by atoms with Crippen molar-refractivity contribution in [1.82, 2.24) is 15.1 Å². The molecular formula is C12H27N3O. The third-order valence-corrected chi connectivity index (χ3v) is 2.59. The van der Waals surface area contributed by atoms with Gasteiger partial charge in [0.15, 0.2) is 0 Å². The van der Waals surface area contributed by atoms with Crippen LogP contribution >= 0.6 is 0 Å². The van der Waals surface area contributed by atoms with E-state index in [1.54, 1.807) is 0 Å². The average Bonchev–Trinajstić information content (AvgIpc) is 2.24. The van der Waals surface area contributed by atoms with Crippen LogP contribution in [0.25, 0.3) is 0 Å². The van der Waals surface area contributed by atoms with Gasteiger partial charge in [0.25, 0.3) is 0 Å². The van der Waals surface area contributed by atoms with Gasteiger partial charge >= 0.3 is 0 Å². The van der Waals surface area contributed by atoms with E-state index in [-0.39, 0.29) is 5.91 Å². The predicted octanol–water partition coefficient (Wildman–Crippen LogP) is 0.786. The van der Waals surface area contributed by atoms with E-state index in [1.165, 1.54) is 0 Å². The molecule has 0 aliphatic rings. The molecule has 4 heteroatoms. The fourth-order valence-electron chi connectivity index (χ4n) is 1.58. The minimum absolute atomic E-state index is 0.255. The summed E-state index contributed by atoms with van der Waals surface area (Å²) >= 11 is 0. The van der Waals surface area contributed by atoms with Gasteiger partial charge in [-0.25, -0.2) is 0 Å². The number of nitrogens with zero attached hydrogens (tertiary/aromatic N) is 2. The highest BCUT2D eigenvalue weighted by atomic mass is 16.2. The number of amides is 1. The normalized spacial score (nSPS) is 10.8. The van der Waals surface area contributed by atoms with Crippen LogP contribution in [0.5, 0.6) is 0 Å². The molecule has 0 unspecified atom stereocenters. The molecule has 0 radical (unpaired) electrons. The standard InChI is InChI=1S/C12H27N3O/c1-5-15(6-2)12(16)8-10-13-9-7-11-14(3)4/h13H,5-11H2,1-4H3. The van der Waals surface area contributed by atoms with Crippen molar-refractivity contribution < 1.29 is 4.79 Å². The van der Waals surface area contributed by atoms with Crippen molar-refractivity contribution in [2.45, 2.75) is 26.7 Å². The summed E-state index contributed by atoms with van der Waals surface area (Å²) in [7, 11) is 4.15. The molecule has 0 rings (SSSR count). The zero-order valence-electron chi connectivity index (χ0n) is 11.3. The number of carbonyl (C=O) groups excluding carboxylic acids is 1. The molecule has 0 heterocycles. The van der Waals surface area contributed by atoms with E-state index in [0.717, 1.165) is 39.1 Å². The lowest BCUT2D eigenvalue weighted by Gasteiger charge is -2.18. The Balaban J connectivity index is 3.40. The van der Waals surface area contributed by atoms with Gasteiger partial charge < -0.3 is 15.1 Å². The molecule has 0 fully saturated rings. The maximum Gasteiger partial charge on any atom is 0.223 e. The molecule has 16 heavy (non-hydrogen) atoms. The lowest BCUT2D eigenvalue weighted by atomic mass is 10.3. The summed E-state index contributed by atoms with van der Waals surface area (Å²) in [5.41, 5.74) is 0. The Morgan fingerprint density at radius 2 is 1.75 bits per heavy atom. The molecule has 1 N–H and O–H groups in total. The first-order chi connectivity index (χ1) is 7.61. The van der Waals surface area contributed by atoms with Crippen molar-refractivity contribution in [3.63, 3.8) is 0 Å². The van der Waals surface area contributed by atoms with Crippen LogP contribution in [0.1, 0.15) is 26.7 Å². The lowest BCUT2D eigenvalue weighted by Crippen LogP contribution is -2.33. The first-order valence-electron chi connectivity index (χ1n) is 6.25. The molecule has 0 atom stereocenters. The Labute approximate surface area is 100.0 Å². The summed E-state index contributed by atoms with van der Waals surface area (Å²) in [6, 6.07) is 0. The molecule has 0 saturated carbocycles. The number of carbonyl (C=O) groups is 1. The molecule has 0 aliphatic carbocycles. The van der Waals surface area contributed by atoms with Crippen molar-refractivity contribution in [2.75, 3.05) is 46.8 Å². The first kappa shape index (κ1) is 15.4. The lowest BCUT2D eigenvalue weighted by molar-refractivity contribution is -0.130. The Kier molecular flexibility index (Phi) is 9.24. The molecular weight excluding hydrogens is 202 g/mol. The molecule has 0 spiro atoms. The smallest absolute Gasteiger partial charge is 0.223 e. The zero-order chi connectivity index (χ0) is 12.4. The molecule has 0 aromatic rings. The van der Waals surface area contributed by atoms with Crippen LogP contribution in [0.15, 0.2) is 0 Å². The highest BCUT2D eigenvalue weighted by Gasteiger charge is 2.07. The maximum absolute atomic E-state index is 11.6. The molecule has 1 amide bonds. The van der Waals surface area contributed by atoms with E-state index < -0.39 is 0 Å². The van der Waals surface area contributed by atoms with Crippen molar-refractivity contribution in [2.24, 2.45) is 0 Å². The fraction of sp³-hybridized carbons (Fsp3) is 0.917.